The lowest BCUT2D eigenvalue weighted by atomic mass is 10.1. The summed E-state index contributed by atoms with van der Waals surface area (Å²) in [4.78, 5) is 16.7. The van der Waals surface area contributed by atoms with Crippen LogP contribution in [0.2, 0.25) is 0 Å². The fourth-order valence-electron chi connectivity index (χ4n) is 2.35. The number of hydrogen-bond acceptors (Lipinski definition) is 3. The van der Waals surface area contributed by atoms with Crippen LogP contribution >= 0.6 is 0 Å². The largest absolute Gasteiger partial charge is 0.423 e. The molecule has 0 saturated carbocycles. The number of carbonyl (C=O) groups excluding carboxylic acids is 1. The van der Waals surface area contributed by atoms with E-state index in [1.807, 2.05) is 56.3 Å². The third kappa shape index (κ3) is 2.63. The van der Waals surface area contributed by atoms with Gasteiger partial charge in [-0.1, -0.05) is 29.8 Å². The second-order valence-electron chi connectivity index (χ2n) is 5.03. The van der Waals surface area contributed by atoms with Gasteiger partial charge in [0.15, 0.2) is 0 Å². The smallest absolute Gasteiger partial charge is 0.344 e. The minimum atomic E-state index is -0.361. The highest BCUT2D eigenvalue weighted by atomic mass is 16.5. The Labute approximate surface area is 123 Å². The molecule has 3 nitrogen and oxygen atoms in total. The van der Waals surface area contributed by atoms with Gasteiger partial charge in [0.25, 0.3) is 0 Å². The highest BCUT2D eigenvalue weighted by Gasteiger charge is 2.13. The third-order valence-corrected chi connectivity index (χ3v) is 3.40. The second-order valence-corrected chi connectivity index (χ2v) is 5.03. The van der Waals surface area contributed by atoms with Crippen LogP contribution in [0, 0.1) is 13.8 Å². The van der Waals surface area contributed by atoms with E-state index in [9.17, 15) is 4.79 Å². The molecule has 0 N–H and O–H groups in total. The highest BCUT2D eigenvalue weighted by molar-refractivity contribution is 6.04. The number of aryl methyl sites for hydroxylation is 2. The summed E-state index contributed by atoms with van der Waals surface area (Å²) < 4.78 is 5.53. The van der Waals surface area contributed by atoms with Crippen LogP contribution in [0.5, 0.6) is 5.75 Å². The Hall–Kier alpha value is -2.68. The fraction of sp³-hybridized carbons (Fsp3) is 0.111. The number of benzene rings is 2. The molecule has 0 unspecified atom stereocenters. The predicted molar refractivity (Wildman–Crippen MR) is 82.6 cm³/mol. The van der Waals surface area contributed by atoms with Crippen LogP contribution in [-0.2, 0) is 0 Å². The molecule has 0 aliphatic carbocycles. The van der Waals surface area contributed by atoms with Crippen LogP contribution in [-0.4, -0.2) is 11.0 Å². The molecule has 3 rings (SSSR count). The van der Waals surface area contributed by atoms with Gasteiger partial charge in [0.2, 0.25) is 0 Å². The predicted octanol–water partition coefficient (Wildman–Crippen LogP) is 4.07. The number of fused-ring (bicyclic) bond motifs is 1. The van der Waals surface area contributed by atoms with Crippen molar-refractivity contribution >= 4 is 16.9 Å². The van der Waals surface area contributed by atoms with Gasteiger partial charge in [0.05, 0.1) is 11.1 Å². The van der Waals surface area contributed by atoms with Gasteiger partial charge < -0.3 is 4.74 Å². The van der Waals surface area contributed by atoms with Crippen molar-refractivity contribution in [2.45, 2.75) is 13.8 Å². The zero-order valence-corrected chi connectivity index (χ0v) is 12.0. The van der Waals surface area contributed by atoms with E-state index >= 15 is 0 Å². The number of ether oxygens (including phenoxy) is 1. The van der Waals surface area contributed by atoms with Crippen molar-refractivity contribution in [3.05, 3.63) is 71.4 Å². The monoisotopic (exact) mass is 277 g/mol. The van der Waals surface area contributed by atoms with E-state index < -0.39 is 0 Å². The molecular weight excluding hydrogens is 262 g/mol. The molecule has 21 heavy (non-hydrogen) atoms. The second kappa shape index (κ2) is 5.37. The van der Waals surface area contributed by atoms with Crippen molar-refractivity contribution in [1.82, 2.24) is 4.98 Å². The van der Waals surface area contributed by atoms with Crippen molar-refractivity contribution in [3.8, 4) is 5.75 Å². The first kappa shape index (κ1) is 13.3. The highest BCUT2D eigenvalue weighted by Crippen LogP contribution is 2.22. The van der Waals surface area contributed by atoms with Crippen LogP contribution in [0.4, 0.5) is 0 Å². The number of carbonyl (C=O) groups is 1. The molecule has 104 valence electrons. The van der Waals surface area contributed by atoms with E-state index in [0.29, 0.717) is 11.3 Å². The van der Waals surface area contributed by atoms with Crippen molar-refractivity contribution in [3.63, 3.8) is 0 Å². The van der Waals surface area contributed by atoms with Crippen LogP contribution in [0.1, 0.15) is 21.5 Å². The minimum Gasteiger partial charge on any atom is -0.423 e. The molecule has 1 heterocycles. The molecule has 2 aromatic carbocycles. The van der Waals surface area contributed by atoms with Gasteiger partial charge in [0, 0.05) is 11.6 Å². The first-order valence-corrected chi connectivity index (χ1v) is 6.78. The zero-order valence-electron chi connectivity index (χ0n) is 12.0. The van der Waals surface area contributed by atoms with Crippen molar-refractivity contribution in [1.29, 1.82) is 0 Å². The maximum absolute atomic E-state index is 12.4. The number of esters is 1. The van der Waals surface area contributed by atoms with Crippen molar-refractivity contribution in [2.75, 3.05) is 0 Å². The Morgan fingerprint density at radius 3 is 2.71 bits per heavy atom. The summed E-state index contributed by atoms with van der Waals surface area (Å²) in [5.74, 6) is 0.229. The average Bonchev–Trinajstić information content (AvgIpc) is 2.49. The quantitative estimate of drug-likeness (QED) is 0.523. The van der Waals surface area contributed by atoms with Crippen LogP contribution in [0.25, 0.3) is 10.9 Å². The number of rotatable bonds is 2. The Morgan fingerprint density at radius 2 is 1.90 bits per heavy atom. The van der Waals surface area contributed by atoms with Gasteiger partial charge in [-0.05, 0) is 43.7 Å². The summed E-state index contributed by atoms with van der Waals surface area (Å²) in [5, 5.41) is 0.801. The first-order chi connectivity index (χ1) is 10.1. The summed E-state index contributed by atoms with van der Waals surface area (Å²) in [6.07, 6.45) is 1.71. The molecule has 0 spiro atoms. The number of pyridine rings is 1. The number of nitrogens with zero attached hydrogens (tertiary/aromatic N) is 1. The molecule has 0 aliphatic rings. The van der Waals surface area contributed by atoms with Gasteiger partial charge in [-0.2, -0.15) is 0 Å². The summed E-state index contributed by atoms with van der Waals surface area (Å²) >= 11 is 0. The normalized spacial score (nSPS) is 10.6. The number of aromatic nitrogens is 1. The molecule has 1 aromatic heterocycles. The van der Waals surface area contributed by atoms with Gasteiger partial charge in [-0.3, -0.25) is 4.98 Å². The third-order valence-electron chi connectivity index (χ3n) is 3.40. The van der Waals surface area contributed by atoms with E-state index in [1.54, 1.807) is 12.3 Å². The Bertz CT molecular complexity index is 819. The van der Waals surface area contributed by atoms with Gasteiger partial charge in [-0.15, -0.1) is 0 Å². The lowest BCUT2D eigenvalue weighted by Gasteiger charge is -2.09. The molecule has 0 saturated heterocycles. The maximum atomic E-state index is 12.4. The van der Waals surface area contributed by atoms with E-state index in [4.69, 9.17) is 4.74 Å². The van der Waals surface area contributed by atoms with Crippen molar-refractivity contribution < 1.29 is 9.53 Å². The van der Waals surface area contributed by atoms with Crippen LogP contribution in [0.15, 0.2) is 54.7 Å². The molecule has 0 aliphatic heterocycles. The molecule has 0 atom stereocenters. The van der Waals surface area contributed by atoms with E-state index in [2.05, 4.69) is 4.98 Å². The Kier molecular flexibility index (Phi) is 3.40. The molecule has 0 radical (unpaired) electrons. The lowest BCUT2D eigenvalue weighted by molar-refractivity contribution is 0.0735. The van der Waals surface area contributed by atoms with E-state index in [-0.39, 0.29) is 5.97 Å². The summed E-state index contributed by atoms with van der Waals surface area (Å²) in [7, 11) is 0. The lowest BCUT2D eigenvalue weighted by Crippen LogP contribution is -2.10. The first-order valence-electron chi connectivity index (χ1n) is 6.78. The van der Waals surface area contributed by atoms with Crippen molar-refractivity contribution in [2.24, 2.45) is 0 Å². The van der Waals surface area contributed by atoms with Gasteiger partial charge >= 0.3 is 5.97 Å². The van der Waals surface area contributed by atoms with E-state index in [0.717, 1.165) is 22.0 Å². The molecule has 3 heteroatoms. The van der Waals surface area contributed by atoms with Gasteiger partial charge in [0.1, 0.15) is 5.75 Å². The Morgan fingerprint density at radius 1 is 1.05 bits per heavy atom. The standard InChI is InChI=1S/C18H15NO2/c1-12-8-9-17(13(2)11-12)21-18(20)15-5-3-7-16-14(15)6-4-10-19-16/h3-11H,1-2H3. The molecule has 3 aromatic rings. The topological polar surface area (TPSA) is 39.2 Å². The SMILES string of the molecule is Cc1ccc(OC(=O)c2cccc3ncccc23)c(C)c1. The zero-order chi connectivity index (χ0) is 14.8. The summed E-state index contributed by atoms with van der Waals surface area (Å²) in [5.41, 5.74) is 3.40. The molecule has 0 fully saturated rings. The minimum absolute atomic E-state index is 0.361. The average molecular weight is 277 g/mol. The number of hydrogen-bond donors (Lipinski definition) is 0. The summed E-state index contributed by atoms with van der Waals surface area (Å²) in [6.45, 7) is 3.94. The van der Waals surface area contributed by atoms with Crippen LogP contribution in [0.3, 0.4) is 0 Å². The summed E-state index contributed by atoms with van der Waals surface area (Å²) in [6, 6.07) is 14.9. The Balaban J connectivity index is 1.97. The maximum Gasteiger partial charge on any atom is 0.344 e. The van der Waals surface area contributed by atoms with E-state index in [1.165, 1.54) is 0 Å². The molecule has 0 amide bonds. The van der Waals surface area contributed by atoms with Crippen LogP contribution < -0.4 is 4.74 Å². The van der Waals surface area contributed by atoms with Gasteiger partial charge in [-0.25, -0.2) is 4.79 Å². The molecular formula is C18H15NO2. The molecule has 0 bridgehead atoms. The fourth-order valence-corrected chi connectivity index (χ4v) is 2.35.